The Kier molecular flexibility index (Phi) is 5.31. The molecule has 2 atom stereocenters. The standard InChI is InChI=1S/C16H26N2O3/c1-11-8-18(9-12(2)17-11)10-13-6-15(20-4)16(21-5)7-14(13)19-3/h6-7,11-12,17H,8-10H2,1-5H3. The highest BCUT2D eigenvalue weighted by Gasteiger charge is 2.22. The Morgan fingerprint density at radius 2 is 1.48 bits per heavy atom. The first kappa shape index (κ1) is 15.9. The van der Waals surface area contributed by atoms with Gasteiger partial charge in [0.05, 0.1) is 21.3 Å². The first-order valence-electron chi connectivity index (χ1n) is 7.34. The van der Waals surface area contributed by atoms with Gasteiger partial charge in [-0.3, -0.25) is 4.90 Å². The third-order valence-electron chi connectivity index (χ3n) is 3.81. The van der Waals surface area contributed by atoms with Crippen molar-refractivity contribution in [2.75, 3.05) is 34.4 Å². The van der Waals surface area contributed by atoms with Crippen molar-refractivity contribution in [2.24, 2.45) is 0 Å². The van der Waals surface area contributed by atoms with Gasteiger partial charge in [-0.25, -0.2) is 0 Å². The summed E-state index contributed by atoms with van der Waals surface area (Å²) in [6.45, 7) is 7.34. The smallest absolute Gasteiger partial charge is 0.164 e. The summed E-state index contributed by atoms with van der Waals surface area (Å²) in [6.07, 6.45) is 0. The summed E-state index contributed by atoms with van der Waals surface area (Å²) in [5, 5.41) is 3.55. The quantitative estimate of drug-likeness (QED) is 0.898. The van der Waals surface area contributed by atoms with Gasteiger partial charge in [0.25, 0.3) is 0 Å². The SMILES string of the molecule is COc1cc(OC)c(OC)cc1CN1CC(C)NC(C)C1. The minimum absolute atomic E-state index is 0.500. The molecule has 1 fully saturated rings. The fraction of sp³-hybridized carbons (Fsp3) is 0.625. The second-order valence-electron chi connectivity index (χ2n) is 5.68. The van der Waals surface area contributed by atoms with Gasteiger partial charge in [0.15, 0.2) is 11.5 Å². The summed E-state index contributed by atoms with van der Waals surface area (Å²) in [5.41, 5.74) is 1.12. The summed E-state index contributed by atoms with van der Waals surface area (Å²) in [4.78, 5) is 2.44. The van der Waals surface area contributed by atoms with Crippen molar-refractivity contribution >= 4 is 0 Å². The number of ether oxygens (including phenoxy) is 3. The molecule has 5 heteroatoms. The summed E-state index contributed by atoms with van der Waals surface area (Å²) in [7, 11) is 4.98. The van der Waals surface area contributed by atoms with E-state index in [1.807, 2.05) is 12.1 Å². The Morgan fingerprint density at radius 3 is 2.00 bits per heavy atom. The largest absolute Gasteiger partial charge is 0.496 e. The Bertz CT molecular complexity index is 469. The number of nitrogens with zero attached hydrogens (tertiary/aromatic N) is 1. The lowest BCUT2D eigenvalue weighted by Crippen LogP contribution is -2.53. The Hall–Kier alpha value is -1.46. The van der Waals surface area contributed by atoms with Crippen molar-refractivity contribution in [3.05, 3.63) is 17.7 Å². The van der Waals surface area contributed by atoms with Gasteiger partial charge in [-0.05, 0) is 19.9 Å². The predicted octanol–water partition coefficient (Wildman–Crippen LogP) is 1.89. The van der Waals surface area contributed by atoms with Crippen molar-refractivity contribution in [3.63, 3.8) is 0 Å². The van der Waals surface area contributed by atoms with Gasteiger partial charge in [0.2, 0.25) is 0 Å². The first-order valence-corrected chi connectivity index (χ1v) is 7.34. The van der Waals surface area contributed by atoms with Gasteiger partial charge in [-0.2, -0.15) is 0 Å². The zero-order chi connectivity index (χ0) is 15.4. The van der Waals surface area contributed by atoms with Crippen LogP contribution in [-0.4, -0.2) is 51.4 Å². The molecule has 0 bridgehead atoms. The van der Waals surface area contributed by atoms with Gasteiger partial charge >= 0.3 is 0 Å². The highest BCUT2D eigenvalue weighted by molar-refractivity contribution is 5.50. The van der Waals surface area contributed by atoms with Crippen LogP contribution < -0.4 is 19.5 Å². The predicted molar refractivity (Wildman–Crippen MR) is 83.4 cm³/mol. The molecule has 1 saturated heterocycles. The van der Waals surface area contributed by atoms with Crippen molar-refractivity contribution < 1.29 is 14.2 Å². The molecule has 0 aromatic heterocycles. The second-order valence-corrected chi connectivity index (χ2v) is 5.68. The van der Waals surface area contributed by atoms with Crippen molar-refractivity contribution in [2.45, 2.75) is 32.5 Å². The zero-order valence-corrected chi connectivity index (χ0v) is 13.6. The van der Waals surface area contributed by atoms with E-state index in [9.17, 15) is 0 Å². The summed E-state index contributed by atoms with van der Waals surface area (Å²) in [5.74, 6) is 2.27. The normalized spacial score (nSPS) is 22.9. The molecule has 0 saturated carbocycles. The molecule has 0 radical (unpaired) electrons. The lowest BCUT2D eigenvalue weighted by molar-refractivity contribution is 0.165. The van der Waals surface area contributed by atoms with Crippen LogP contribution in [0.3, 0.4) is 0 Å². The van der Waals surface area contributed by atoms with Gasteiger partial charge in [-0.15, -0.1) is 0 Å². The lowest BCUT2D eigenvalue weighted by Gasteiger charge is -2.36. The third-order valence-corrected chi connectivity index (χ3v) is 3.81. The molecule has 0 amide bonds. The van der Waals surface area contributed by atoms with Crippen LogP contribution in [-0.2, 0) is 6.54 Å². The Balaban J connectivity index is 2.22. The Morgan fingerprint density at radius 1 is 0.952 bits per heavy atom. The minimum atomic E-state index is 0.500. The number of piperazine rings is 1. The van der Waals surface area contributed by atoms with E-state index in [2.05, 4.69) is 24.1 Å². The maximum Gasteiger partial charge on any atom is 0.164 e. The lowest BCUT2D eigenvalue weighted by atomic mass is 10.1. The van der Waals surface area contributed by atoms with Crippen LogP contribution >= 0.6 is 0 Å². The first-order chi connectivity index (χ1) is 10.1. The van der Waals surface area contributed by atoms with Crippen LogP contribution in [0.4, 0.5) is 0 Å². The number of hydrogen-bond acceptors (Lipinski definition) is 5. The maximum absolute atomic E-state index is 5.50. The maximum atomic E-state index is 5.50. The van der Waals surface area contributed by atoms with E-state index < -0.39 is 0 Å². The average molecular weight is 294 g/mol. The Labute approximate surface area is 127 Å². The van der Waals surface area contributed by atoms with E-state index in [1.165, 1.54) is 0 Å². The van der Waals surface area contributed by atoms with Crippen LogP contribution in [0.5, 0.6) is 17.2 Å². The summed E-state index contributed by atoms with van der Waals surface area (Å²) >= 11 is 0. The number of rotatable bonds is 5. The van der Waals surface area contributed by atoms with Gasteiger partial charge in [0.1, 0.15) is 5.75 Å². The molecule has 2 rings (SSSR count). The molecule has 1 aliphatic heterocycles. The summed E-state index contributed by atoms with van der Waals surface area (Å²) in [6, 6.07) is 4.90. The van der Waals surface area contributed by atoms with Crippen molar-refractivity contribution in [1.29, 1.82) is 0 Å². The van der Waals surface area contributed by atoms with Crippen LogP contribution in [0.25, 0.3) is 0 Å². The molecule has 5 nitrogen and oxygen atoms in total. The number of benzene rings is 1. The van der Waals surface area contributed by atoms with Crippen LogP contribution in [0.2, 0.25) is 0 Å². The van der Waals surface area contributed by atoms with Gasteiger partial charge < -0.3 is 19.5 Å². The molecule has 1 aromatic rings. The highest BCUT2D eigenvalue weighted by atomic mass is 16.5. The summed E-state index contributed by atoms with van der Waals surface area (Å²) < 4.78 is 16.2. The second kappa shape index (κ2) is 7.00. The molecule has 1 aromatic carbocycles. The molecule has 2 unspecified atom stereocenters. The van der Waals surface area contributed by atoms with Crippen molar-refractivity contribution in [1.82, 2.24) is 10.2 Å². The van der Waals surface area contributed by atoms with E-state index >= 15 is 0 Å². The molecule has 1 heterocycles. The molecular formula is C16H26N2O3. The topological polar surface area (TPSA) is 43.0 Å². The molecule has 0 spiro atoms. The van der Waals surface area contributed by atoms with E-state index in [0.717, 1.165) is 36.7 Å². The van der Waals surface area contributed by atoms with Crippen LogP contribution in [0.1, 0.15) is 19.4 Å². The molecule has 1 N–H and O–H groups in total. The van der Waals surface area contributed by atoms with Crippen LogP contribution in [0.15, 0.2) is 12.1 Å². The minimum Gasteiger partial charge on any atom is -0.496 e. The fourth-order valence-corrected chi connectivity index (χ4v) is 3.03. The number of nitrogens with one attached hydrogen (secondary N) is 1. The highest BCUT2D eigenvalue weighted by Crippen LogP contribution is 2.35. The molecule has 1 aliphatic rings. The number of methoxy groups -OCH3 is 3. The third kappa shape index (κ3) is 3.80. The van der Waals surface area contributed by atoms with Crippen LogP contribution in [0, 0.1) is 0 Å². The fourth-order valence-electron chi connectivity index (χ4n) is 3.03. The van der Waals surface area contributed by atoms with Crippen molar-refractivity contribution in [3.8, 4) is 17.2 Å². The average Bonchev–Trinajstić information content (AvgIpc) is 2.45. The molecule has 118 valence electrons. The molecule has 21 heavy (non-hydrogen) atoms. The van der Waals surface area contributed by atoms with Gasteiger partial charge in [0, 0.05) is 43.3 Å². The van der Waals surface area contributed by atoms with E-state index in [4.69, 9.17) is 14.2 Å². The zero-order valence-electron chi connectivity index (χ0n) is 13.6. The van der Waals surface area contributed by atoms with Gasteiger partial charge in [-0.1, -0.05) is 0 Å². The van der Waals surface area contributed by atoms with E-state index in [-0.39, 0.29) is 0 Å². The van der Waals surface area contributed by atoms with E-state index in [1.54, 1.807) is 21.3 Å². The van der Waals surface area contributed by atoms with E-state index in [0.29, 0.717) is 17.8 Å². The molecular weight excluding hydrogens is 268 g/mol. The monoisotopic (exact) mass is 294 g/mol. The number of hydrogen-bond donors (Lipinski definition) is 1. The molecule has 0 aliphatic carbocycles.